The summed E-state index contributed by atoms with van der Waals surface area (Å²) in [6, 6.07) is 4.01. The first kappa shape index (κ1) is 23.9. The molecule has 2 saturated heterocycles. The number of fused-ring (bicyclic) bond motifs is 1. The van der Waals surface area contributed by atoms with Crippen molar-refractivity contribution in [1.82, 2.24) is 25.3 Å². The number of amides is 4. The van der Waals surface area contributed by atoms with Crippen LogP contribution in [0, 0.1) is 0 Å². The zero-order valence-corrected chi connectivity index (χ0v) is 20.4. The van der Waals surface area contributed by atoms with Crippen LogP contribution in [0.2, 0.25) is 0 Å². The first-order valence-electron chi connectivity index (χ1n) is 12.6. The molecule has 0 radical (unpaired) electrons. The summed E-state index contributed by atoms with van der Waals surface area (Å²) < 4.78 is 10.7. The molecule has 2 N–H and O–H groups in total. The number of nitrogens with zero attached hydrogens (tertiary/aromatic N) is 3. The lowest BCUT2D eigenvalue weighted by molar-refractivity contribution is -0.131. The molecule has 5 rings (SSSR count). The molecule has 35 heavy (non-hydrogen) atoms. The van der Waals surface area contributed by atoms with E-state index in [2.05, 4.69) is 27.5 Å². The van der Waals surface area contributed by atoms with Gasteiger partial charge in [0.2, 0.25) is 12.7 Å². The van der Waals surface area contributed by atoms with E-state index < -0.39 is 12.1 Å². The Kier molecular flexibility index (Phi) is 6.84. The molecule has 1 aliphatic carbocycles. The van der Waals surface area contributed by atoms with E-state index in [1.54, 1.807) is 18.2 Å². The predicted molar refractivity (Wildman–Crippen MR) is 128 cm³/mol. The zero-order chi connectivity index (χ0) is 24.4. The van der Waals surface area contributed by atoms with Crippen LogP contribution in [0.1, 0.15) is 44.1 Å². The van der Waals surface area contributed by atoms with Crippen molar-refractivity contribution in [1.29, 1.82) is 0 Å². The Morgan fingerprint density at radius 1 is 1.09 bits per heavy atom. The maximum Gasteiger partial charge on any atom is 0.325 e. The third kappa shape index (κ3) is 5.08. The van der Waals surface area contributed by atoms with Crippen LogP contribution in [0.25, 0.3) is 0 Å². The summed E-state index contributed by atoms with van der Waals surface area (Å²) in [6.45, 7) is 4.97. The molecule has 1 saturated carbocycles. The number of benzene rings is 1. The van der Waals surface area contributed by atoms with Gasteiger partial charge in [-0.2, -0.15) is 0 Å². The van der Waals surface area contributed by atoms with Gasteiger partial charge in [0, 0.05) is 38.3 Å². The number of piperazine rings is 1. The second-order valence-corrected chi connectivity index (χ2v) is 10.2. The van der Waals surface area contributed by atoms with Gasteiger partial charge in [-0.3, -0.25) is 19.4 Å². The lowest BCUT2D eigenvalue weighted by Gasteiger charge is -2.49. The van der Waals surface area contributed by atoms with Gasteiger partial charge < -0.3 is 25.0 Å². The standard InChI is InChI=1S/C25H35N5O5/c1-28-9-11-29(12-10-28)25(7-3-2-4-8-25)16-26-22(31)14-19-23(32)30(24(33)27-19)15-18-5-6-20-21(13-18)35-17-34-20/h5-6,13,19H,2-4,7-12,14-17H2,1H3,(H,26,31)(H,27,33)/t19-/m0/s1. The number of imide groups is 1. The Morgan fingerprint density at radius 2 is 1.83 bits per heavy atom. The van der Waals surface area contributed by atoms with Crippen molar-refractivity contribution in [3.63, 3.8) is 0 Å². The molecule has 190 valence electrons. The zero-order valence-electron chi connectivity index (χ0n) is 20.4. The smallest absolute Gasteiger partial charge is 0.325 e. The summed E-state index contributed by atoms with van der Waals surface area (Å²) in [4.78, 5) is 44.4. The van der Waals surface area contributed by atoms with Gasteiger partial charge in [0.15, 0.2) is 11.5 Å². The topological polar surface area (TPSA) is 103 Å². The molecular weight excluding hydrogens is 450 g/mol. The van der Waals surface area contributed by atoms with Crippen LogP contribution in [0.15, 0.2) is 18.2 Å². The quantitative estimate of drug-likeness (QED) is 0.561. The van der Waals surface area contributed by atoms with Gasteiger partial charge in [0.05, 0.1) is 13.0 Å². The van der Waals surface area contributed by atoms with E-state index in [4.69, 9.17) is 9.47 Å². The van der Waals surface area contributed by atoms with Crippen molar-refractivity contribution in [2.75, 3.05) is 46.6 Å². The van der Waals surface area contributed by atoms with Crippen molar-refractivity contribution < 1.29 is 23.9 Å². The molecule has 4 amide bonds. The monoisotopic (exact) mass is 485 g/mol. The SMILES string of the molecule is CN1CCN(C2(CNC(=O)C[C@@H]3NC(=O)N(Cc4ccc5c(c4)OCO5)C3=O)CCCCC2)CC1. The lowest BCUT2D eigenvalue weighted by Crippen LogP contribution is -2.61. The van der Waals surface area contributed by atoms with Gasteiger partial charge in [-0.1, -0.05) is 25.3 Å². The van der Waals surface area contributed by atoms with E-state index >= 15 is 0 Å². The maximum atomic E-state index is 12.9. The first-order chi connectivity index (χ1) is 16.9. The number of hydrogen-bond acceptors (Lipinski definition) is 7. The Morgan fingerprint density at radius 3 is 2.60 bits per heavy atom. The van der Waals surface area contributed by atoms with E-state index in [0.29, 0.717) is 18.0 Å². The number of nitrogens with one attached hydrogen (secondary N) is 2. The second-order valence-electron chi connectivity index (χ2n) is 10.2. The van der Waals surface area contributed by atoms with Crippen LogP contribution < -0.4 is 20.1 Å². The van der Waals surface area contributed by atoms with E-state index in [0.717, 1.165) is 49.5 Å². The number of likely N-dealkylation sites (N-methyl/N-ethyl adjacent to an activating group) is 1. The average molecular weight is 486 g/mol. The van der Waals surface area contributed by atoms with Crippen LogP contribution in [0.5, 0.6) is 11.5 Å². The van der Waals surface area contributed by atoms with Crippen LogP contribution in [0.4, 0.5) is 4.79 Å². The molecular formula is C25H35N5O5. The van der Waals surface area contributed by atoms with E-state index in [-0.39, 0.29) is 37.1 Å². The van der Waals surface area contributed by atoms with Crippen LogP contribution in [-0.4, -0.2) is 90.7 Å². The molecule has 0 bridgehead atoms. The molecule has 3 aliphatic heterocycles. The largest absolute Gasteiger partial charge is 0.454 e. The van der Waals surface area contributed by atoms with Crippen molar-refractivity contribution in [2.24, 2.45) is 0 Å². The molecule has 1 aromatic carbocycles. The fourth-order valence-electron chi connectivity index (χ4n) is 5.70. The Balaban J connectivity index is 1.16. The first-order valence-corrected chi connectivity index (χ1v) is 12.6. The molecule has 10 nitrogen and oxygen atoms in total. The molecule has 1 atom stereocenters. The minimum Gasteiger partial charge on any atom is -0.454 e. The van der Waals surface area contributed by atoms with Gasteiger partial charge in [-0.05, 0) is 37.6 Å². The normalized spacial score (nSPS) is 24.5. The third-order valence-corrected chi connectivity index (χ3v) is 7.85. The van der Waals surface area contributed by atoms with Crippen LogP contribution >= 0.6 is 0 Å². The highest BCUT2D eigenvalue weighted by Crippen LogP contribution is 2.34. The summed E-state index contributed by atoms with van der Waals surface area (Å²) >= 11 is 0. The summed E-state index contributed by atoms with van der Waals surface area (Å²) in [5.41, 5.74) is 0.748. The molecule has 0 unspecified atom stereocenters. The minimum atomic E-state index is -0.845. The maximum absolute atomic E-state index is 12.9. The summed E-state index contributed by atoms with van der Waals surface area (Å²) in [5.74, 6) is 0.664. The van der Waals surface area contributed by atoms with E-state index in [1.165, 1.54) is 19.3 Å². The summed E-state index contributed by atoms with van der Waals surface area (Å²) in [6.07, 6.45) is 5.70. The highest BCUT2D eigenvalue weighted by atomic mass is 16.7. The lowest BCUT2D eigenvalue weighted by atomic mass is 9.79. The molecule has 4 aliphatic rings. The molecule has 3 fully saturated rings. The fourth-order valence-corrected chi connectivity index (χ4v) is 5.70. The summed E-state index contributed by atoms with van der Waals surface area (Å²) in [7, 11) is 2.15. The number of carbonyl (C=O) groups is 3. The van der Waals surface area contributed by atoms with Crippen molar-refractivity contribution in [3.05, 3.63) is 23.8 Å². The predicted octanol–water partition coefficient (Wildman–Crippen LogP) is 1.29. The molecule has 10 heteroatoms. The average Bonchev–Trinajstić information content (AvgIpc) is 3.43. The van der Waals surface area contributed by atoms with Crippen molar-refractivity contribution >= 4 is 17.8 Å². The van der Waals surface area contributed by atoms with Gasteiger partial charge in [-0.25, -0.2) is 4.79 Å². The minimum absolute atomic E-state index is 0.0104. The summed E-state index contributed by atoms with van der Waals surface area (Å²) in [5, 5.41) is 5.79. The molecule has 0 aromatic heterocycles. The Labute approximate surface area is 205 Å². The van der Waals surface area contributed by atoms with Crippen molar-refractivity contribution in [2.45, 2.75) is 56.7 Å². The Bertz CT molecular complexity index is 971. The molecule has 3 heterocycles. The number of rotatable bonds is 7. The second kappa shape index (κ2) is 10.0. The van der Waals surface area contributed by atoms with Gasteiger partial charge in [0.25, 0.3) is 5.91 Å². The van der Waals surface area contributed by atoms with Crippen LogP contribution in [-0.2, 0) is 16.1 Å². The van der Waals surface area contributed by atoms with Gasteiger partial charge in [-0.15, -0.1) is 0 Å². The number of ether oxygens (including phenoxy) is 2. The van der Waals surface area contributed by atoms with Crippen LogP contribution in [0.3, 0.4) is 0 Å². The van der Waals surface area contributed by atoms with Gasteiger partial charge in [0.1, 0.15) is 6.04 Å². The highest BCUT2D eigenvalue weighted by Gasteiger charge is 2.41. The van der Waals surface area contributed by atoms with E-state index in [1.807, 2.05) is 0 Å². The highest BCUT2D eigenvalue weighted by molar-refractivity contribution is 6.05. The third-order valence-electron chi connectivity index (χ3n) is 7.85. The number of hydrogen-bond donors (Lipinski definition) is 2. The van der Waals surface area contributed by atoms with Gasteiger partial charge >= 0.3 is 6.03 Å². The fraction of sp³-hybridized carbons (Fsp3) is 0.640. The number of urea groups is 1. The van der Waals surface area contributed by atoms with Crippen molar-refractivity contribution in [3.8, 4) is 11.5 Å². The Hall–Kier alpha value is -2.85. The molecule has 0 spiro atoms. The van der Waals surface area contributed by atoms with E-state index in [9.17, 15) is 14.4 Å². The number of carbonyl (C=O) groups excluding carboxylic acids is 3. The molecule has 1 aromatic rings.